The number of thioether (sulfide) groups is 1. The Kier molecular flexibility index (Phi) is 6.80. The van der Waals surface area contributed by atoms with Crippen molar-refractivity contribution in [3.63, 3.8) is 0 Å². The molecule has 102 valence electrons. The minimum atomic E-state index is 0.243. The molecule has 1 unspecified atom stereocenters. The molecule has 0 heterocycles. The molecule has 1 N–H and O–H groups in total. The van der Waals surface area contributed by atoms with Crippen LogP contribution < -0.4 is 5.32 Å². The van der Waals surface area contributed by atoms with E-state index in [0.717, 1.165) is 6.54 Å². The minimum absolute atomic E-state index is 0.243. The van der Waals surface area contributed by atoms with E-state index >= 15 is 0 Å². The Morgan fingerprint density at radius 3 is 2.50 bits per heavy atom. The zero-order chi connectivity index (χ0) is 13.4. The second kappa shape index (κ2) is 7.85. The van der Waals surface area contributed by atoms with E-state index in [-0.39, 0.29) is 5.41 Å². The van der Waals surface area contributed by atoms with Crippen molar-refractivity contribution in [2.45, 2.75) is 45.1 Å². The summed E-state index contributed by atoms with van der Waals surface area (Å²) in [6, 6.07) is 11.4. The summed E-state index contributed by atoms with van der Waals surface area (Å²) in [5.74, 6) is 1.25. The fraction of sp³-hybridized carbons (Fsp3) is 0.625. The number of nitrogens with one attached hydrogen (secondary N) is 1. The first-order valence-electron chi connectivity index (χ1n) is 6.84. The van der Waals surface area contributed by atoms with Gasteiger partial charge in [0.2, 0.25) is 0 Å². The third-order valence-electron chi connectivity index (χ3n) is 3.39. The summed E-state index contributed by atoms with van der Waals surface area (Å²) in [5, 5.41) is 3.63. The number of rotatable bonds is 8. The largest absolute Gasteiger partial charge is 0.314 e. The van der Waals surface area contributed by atoms with Crippen LogP contribution in [0.15, 0.2) is 30.3 Å². The lowest BCUT2D eigenvalue weighted by Crippen LogP contribution is -2.34. The molecule has 0 amide bonds. The third-order valence-corrected chi connectivity index (χ3v) is 4.09. The lowest BCUT2D eigenvalue weighted by molar-refractivity contribution is 0.390. The second-order valence-electron chi connectivity index (χ2n) is 5.66. The predicted molar refractivity (Wildman–Crippen MR) is 84.5 cm³/mol. The van der Waals surface area contributed by atoms with Gasteiger partial charge in [-0.15, -0.1) is 0 Å². The molecule has 0 aliphatic rings. The fourth-order valence-corrected chi connectivity index (χ4v) is 2.84. The molecule has 2 heteroatoms. The molecule has 0 saturated heterocycles. The average molecular weight is 265 g/mol. The molecule has 1 rings (SSSR count). The van der Waals surface area contributed by atoms with Crippen molar-refractivity contribution in [3.05, 3.63) is 35.9 Å². The molecule has 1 aromatic rings. The molecule has 0 radical (unpaired) electrons. The van der Waals surface area contributed by atoms with E-state index in [1.807, 2.05) is 11.8 Å². The lowest BCUT2D eigenvalue weighted by atomic mass is 9.79. The van der Waals surface area contributed by atoms with Gasteiger partial charge in [-0.3, -0.25) is 0 Å². The van der Waals surface area contributed by atoms with E-state index in [9.17, 15) is 0 Å². The van der Waals surface area contributed by atoms with E-state index in [1.54, 1.807) is 0 Å². The highest BCUT2D eigenvalue weighted by atomic mass is 32.2. The highest BCUT2D eigenvalue weighted by Gasteiger charge is 2.22. The maximum atomic E-state index is 3.63. The first-order chi connectivity index (χ1) is 8.56. The van der Waals surface area contributed by atoms with Gasteiger partial charge in [-0.2, -0.15) is 11.8 Å². The van der Waals surface area contributed by atoms with Gasteiger partial charge in [0.25, 0.3) is 0 Å². The Morgan fingerprint density at radius 2 is 1.89 bits per heavy atom. The summed E-state index contributed by atoms with van der Waals surface area (Å²) in [4.78, 5) is 0. The zero-order valence-corrected chi connectivity index (χ0v) is 13.0. The number of benzene rings is 1. The normalized spacial score (nSPS) is 13.6. The number of hydrogen-bond donors (Lipinski definition) is 1. The van der Waals surface area contributed by atoms with Crippen molar-refractivity contribution in [1.29, 1.82) is 0 Å². The van der Waals surface area contributed by atoms with E-state index < -0.39 is 0 Å². The van der Waals surface area contributed by atoms with Crippen LogP contribution in [0.3, 0.4) is 0 Å². The van der Waals surface area contributed by atoms with E-state index in [4.69, 9.17) is 0 Å². The maximum absolute atomic E-state index is 3.63. The molecule has 1 atom stereocenters. The van der Waals surface area contributed by atoms with Crippen LogP contribution in [0.4, 0.5) is 0 Å². The summed E-state index contributed by atoms with van der Waals surface area (Å²) < 4.78 is 0. The molecule has 1 nitrogen and oxygen atoms in total. The minimum Gasteiger partial charge on any atom is -0.314 e. The second-order valence-corrected chi connectivity index (χ2v) is 6.64. The number of hydrogen-bond acceptors (Lipinski definition) is 2. The van der Waals surface area contributed by atoms with Crippen LogP contribution in [-0.4, -0.2) is 24.6 Å². The Morgan fingerprint density at radius 1 is 1.22 bits per heavy atom. The maximum Gasteiger partial charge on any atom is 0.00470 e. The van der Waals surface area contributed by atoms with E-state index in [2.05, 4.69) is 62.7 Å². The molecule has 18 heavy (non-hydrogen) atoms. The monoisotopic (exact) mass is 265 g/mol. The van der Waals surface area contributed by atoms with Gasteiger partial charge in [-0.05, 0) is 49.3 Å². The van der Waals surface area contributed by atoms with Crippen molar-refractivity contribution >= 4 is 11.8 Å². The molecule has 1 aromatic carbocycles. The van der Waals surface area contributed by atoms with E-state index in [0.29, 0.717) is 6.04 Å². The SMILES string of the molecule is CSCCCNC(C)CC(C)(C)c1ccccc1. The van der Waals surface area contributed by atoms with Gasteiger partial charge in [0.15, 0.2) is 0 Å². The van der Waals surface area contributed by atoms with Crippen molar-refractivity contribution in [3.8, 4) is 0 Å². The van der Waals surface area contributed by atoms with Crippen LogP contribution >= 0.6 is 11.8 Å². The van der Waals surface area contributed by atoms with E-state index in [1.165, 1.54) is 24.2 Å². The van der Waals surface area contributed by atoms with Gasteiger partial charge in [0.1, 0.15) is 0 Å². The summed E-state index contributed by atoms with van der Waals surface area (Å²) >= 11 is 1.92. The predicted octanol–water partition coefficient (Wildman–Crippen LogP) is 4.09. The smallest absolute Gasteiger partial charge is 0.00470 e. The van der Waals surface area contributed by atoms with Crippen LogP contribution in [-0.2, 0) is 5.41 Å². The van der Waals surface area contributed by atoms with Gasteiger partial charge >= 0.3 is 0 Å². The van der Waals surface area contributed by atoms with Crippen molar-refractivity contribution in [2.24, 2.45) is 0 Å². The summed E-state index contributed by atoms with van der Waals surface area (Å²) in [5.41, 5.74) is 1.68. The van der Waals surface area contributed by atoms with Gasteiger partial charge in [-0.25, -0.2) is 0 Å². The van der Waals surface area contributed by atoms with Gasteiger partial charge < -0.3 is 5.32 Å². The molecular weight excluding hydrogens is 238 g/mol. The Hall–Kier alpha value is -0.470. The Bertz CT molecular complexity index is 321. The van der Waals surface area contributed by atoms with Gasteiger partial charge in [-0.1, -0.05) is 44.2 Å². The quantitative estimate of drug-likeness (QED) is 0.711. The van der Waals surface area contributed by atoms with Crippen molar-refractivity contribution in [1.82, 2.24) is 5.32 Å². The molecule has 0 saturated carbocycles. The lowest BCUT2D eigenvalue weighted by Gasteiger charge is -2.29. The van der Waals surface area contributed by atoms with Crippen LogP contribution in [0.5, 0.6) is 0 Å². The highest BCUT2D eigenvalue weighted by Crippen LogP contribution is 2.27. The standard InChI is InChI=1S/C16H27NS/c1-14(17-11-8-12-18-4)13-16(2,3)15-9-6-5-7-10-15/h5-7,9-10,14,17H,8,11-13H2,1-4H3. The summed E-state index contributed by atoms with van der Waals surface area (Å²) in [6.07, 6.45) is 4.61. The molecule has 0 aromatic heterocycles. The van der Waals surface area contributed by atoms with Gasteiger partial charge in [0.05, 0.1) is 0 Å². The first kappa shape index (κ1) is 15.6. The first-order valence-corrected chi connectivity index (χ1v) is 8.23. The molecule has 0 spiro atoms. The van der Waals surface area contributed by atoms with Crippen LogP contribution in [0.1, 0.15) is 39.2 Å². The Labute approximate surface area is 117 Å². The summed E-state index contributed by atoms with van der Waals surface area (Å²) in [7, 11) is 0. The van der Waals surface area contributed by atoms with Crippen molar-refractivity contribution in [2.75, 3.05) is 18.6 Å². The zero-order valence-electron chi connectivity index (χ0n) is 12.2. The van der Waals surface area contributed by atoms with Crippen LogP contribution in [0, 0.1) is 0 Å². The average Bonchev–Trinajstić information content (AvgIpc) is 2.35. The Balaban J connectivity index is 2.40. The van der Waals surface area contributed by atoms with Crippen molar-refractivity contribution < 1.29 is 0 Å². The summed E-state index contributed by atoms with van der Waals surface area (Å²) in [6.45, 7) is 8.10. The molecule has 0 fully saturated rings. The van der Waals surface area contributed by atoms with Gasteiger partial charge in [0, 0.05) is 6.04 Å². The van der Waals surface area contributed by atoms with Crippen LogP contribution in [0.25, 0.3) is 0 Å². The molecule has 0 aliphatic heterocycles. The van der Waals surface area contributed by atoms with Crippen LogP contribution in [0.2, 0.25) is 0 Å². The highest BCUT2D eigenvalue weighted by molar-refractivity contribution is 7.98. The molecule has 0 aliphatic carbocycles. The topological polar surface area (TPSA) is 12.0 Å². The third kappa shape index (κ3) is 5.45. The molecular formula is C16H27NS. The molecule has 0 bridgehead atoms. The fourth-order valence-electron chi connectivity index (χ4n) is 2.41.